The summed E-state index contributed by atoms with van der Waals surface area (Å²) in [7, 11) is 0. The lowest BCUT2D eigenvalue weighted by molar-refractivity contribution is 0.416. The van der Waals surface area contributed by atoms with Gasteiger partial charge in [-0.05, 0) is 43.4 Å². The summed E-state index contributed by atoms with van der Waals surface area (Å²) in [5, 5.41) is 12.8. The van der Waals surface area contributed by atoms with Crippen LogP contribution in [0, 0.1) is 23.2 Å². The first-order valence-corrected chi connectivity index (χ1v) is 7.54. The Labute approximate surface area is 104 Å². The van der Waals surface area contributed by atoms with E-state index in [2.05, 4.69) is 32.2 Å². The molecule has 1 saturated carbocycles. The van der Waals surface area contributed by atoms with Crippen LogP contribution in [-0.4, -0.2) is 23.6 Å². The predicted octanol–water partition coefficient (Wildman–Crippen LogP) is 3.05. The van der Waals surface area contributed by atoms with Crippen LogP contribution >= 0.6 is 11.8 Å². The van der Waals surface area contributed by atoms with Gasteiger partial charge in [0.25, 0.3) is 0 Å². The second kappa shape index (κ2) is 6.51. The van der Waals surface area contributed by atoms with E-state index < -0.39 is 0 Å². The number of nitriles is 1. The maximum Gasteiger partial charge on any atom is 0.118 e. The summed E-state index contributed by atoms with van der Waals surface area (Å²) in [6.45, 7) is 7.49. The largest absolute Gasteiger partial charge is 0.299 e. The second-order valence-electron chi connectivity index (χ2n) is 5.12. The van der Waals surface area contributed by atoms with Crippen molar-refractivity contribution in [3.8, 4) is 6.07 Å². The molecule has 92 valence electrons. The monoisotopic (exact) mass is 240 g/mol. The molecular weight excluding hydrogens is 216 g/mol. The molecule has 1 aliphatic carbocycles. The molecule has 2 nitrogen and oxygen atoms in total. The van der Waals surface area contributed by atoms with E-state index in [0.717, 1.165) is 18.2 Å². The minimum atomic E-state index is -0.240. The summed E-state index contributed by atoms with van der Waals surface area (Å²) in [5.41, 5.74) is -0.240. The lowest BCUT2D eigenvalue weighted by Gasteiger charge is -2.27. The van der Waals surface area contributed by atoms with Crippen molar-refractivity contribution in [2.75, 3.05) is 18.1 Å². The topological polar surface area (TPSA) is 35.8 Å². The van der Waals surface area contributed by atoms with E-state index in [4.69, 9.17) is 0 Å². The maximum atomic E-state index is 9.40. The Kier molecular flexibility index (Phi) is 5.64. The fourth-order valence-electron chi connectivity index (χ4n) is 1.92. The van der Waals surface area contributed by atoms with Gasteiger partial charge in [-0.25, -0.2) is 0 Å². The van der Waals surface area contributed by atoms with Crippen molar-refractivity contribution in [3.05, 3.63) is 0 Å². The Morgan fingerprint density at radius 1 is 1.50 bits per heavy atom. The van der Waals surface area contributed by atoms with E-state index in [1.54, 1.807) is 0 Å². The standard InChI is InChI=1S/C13H24N2S/c1-4-15-13(9-14,12-5-6-12)10-16-8-7-11(2)3/h11-12,15H,4-8,10H2,1-3H3. The van der Waals surface area contributed by atoms with Gasteiger partial charge < -0.3 is 0 Å². The molecule has 0 saturated heterocycles. The molecule has 0 aliphatic heterocycles. The maximum absolute atomic E-state index is 9.40. The molecule has 1 N–H and O–H groups in total. The number of hydrogen-bond donors (Lipinski definition) is 1. The number of nitrogens with zero attached hydrogens (tertiary/aromatic N) is 1. The summed E-state index contributed by atoms with van der Waals surface area (Å²) >= 11 is 1.94. The Morgan fingerprint density at radius 2 is 2.19 bits per heavy atom. The third kappa shape index (κ3) is 3.99. The van der Waals surface area contributed by atoms with Gasteiger partial charge in [-0.3, -0.25) is 5.32 Å². The van der Waals surface area contributed by atoms with E-state index in [9.17, 15) is 5.26 Å². The molecule has 0 aromatic carbocycles. The molecule has 0 aromatic heterocycles. The summed E-state index contributed by atoms with van der Waals surface area (Å²) in [5.74, 6) is 3.50. The lowest BCUT2D eigenvalue weighted by atomic mass is 9.98. The van der Waals surface area contributed by atoms with Crippen molar-refractivity contribution in [2.45, 2.75) is 45.6 Å². The Balaban J connectivity index is 2.35. The number of rotatable bonds is 8. The van der Waals surface area contributed by atoms with E-state index in [1.165, 1.54) is 25.0 Å². The number of thioether (sulfide) groups is 1. The van der Waals surface area contributed by atoms with E-state index in [0.29, 0.717) is 5.92 Å². The molecule has 1 aliphatic rings. The van der Waals surface area contributed by atoms with Crippen LogP contribution in [0.4, 0.5) is 0 Å². The zero-order valence-corrected chi connectivity index (χ0v) is 11.6. The van der Waals surface area contributed by atoms with Gasteiger partial charge in [-0.1, -0.05) is 20.8 Å². The average Bonchev–Trinajstić information content (AvgIpc) is 3.06. The highest BCUT2D eigenvalue weighted by molar-refractivity contribution is 7.99. The van der Waals surface area contributed by atoms with Crippen molar-refractivity contribution >= 4 is 11.8 Å². The Morgan fingerprint density at radius 3 is 2.62 bits per heavy atom. The summed E-state index contributed by atoms with van der Waals surface area (Å²) < 4.78 is 0. The van der Waals surface area contributed by atoms with E-state index in [1.807, 2.05) is 11.8 Å². The fourth-order valence-corrected chi connectivity index (χ4v) is 3.43. The highest BCUT2D eigenvalue weighted by atomic mass is 32.2. The molecule has 1 unspecified atom stereocenters. The first-order chi connectivity index (χ1) is 7.64. The molecule has 1 fully saturated rings. The fraction of sp³-hybridized carbons (Fsp3) is 0.923. The summed E-state index contributed by atoms with van der Waals surface area (Å²) in [6, 6.07) is 2.53. The molecular formula is C13H24N2S. The normalized spacial score (nSPS) is 19.4. The van der Waals surface area contributed by atoms with E-state index in [-0.39, 0.29) is 5.54 Å². The molecule has 3 heteroatoms. The van der Waals surface area contributed by atoms with Crippen LogP contribution in [-0.2, 0) is 0 Å². The van der Waals surface area contributed by atoms with Gasteiger partial charge in [0.2, 0.25) is 0 Å². The molecule has 0 bridgehead atoms. The molecule has 0 amide bonds. The molecule has 1 rings (SSSR count). The molecule has 0 spiro atoms. The molecule has 0 aromatic rings. The third-order valence-electron chi connectivity index (χ3n) is 3.14. The van der Waals surface area contributed by atoms with Gasteiger partial charge in [0.05, 0.1) is 6.07 Å². The van der Waals surface area contributed by atoms with Gasteiger partial charge in [0, 0.05) is 5.75 Å². The minimum absolute atomic E-state index is 0.240. The van der Waals surface area contributed by atoms with Gasteiger partial charge in [0.15, 0.2) is 0 Å². The first kappa shape index (κ1) is 13.9. The van der Waals surface area contributed by atoms with Gasteiger partial charge in [0.1, 0.15) is 5.54 Å². The molecule has 0 radical (unpaired) electrons. The predicted molar refractivity (Wildman–Crippen MR) is 71.5 cm³/mol. The van der Waals surface area contributed by atoms with Gasteiger partial charge >= 0.3 is 0 Å². The molecule has 1 atom stereocenters. The van der Waals surface area contributed by atoms with Crippen molar-refractivity contribution in [3.63, 3.8) is 0 Å². The van der Waals surface area contributed by atoms with Crippen molar-refractivity contribution in [1.82, 2.24) is 5.32 Å². The first-order valence-electron chi connectivity index (χ1n) is 6.38. The van der Waals surface area contributed by atoms with Crippen LogP contribution in [0.25, 0.3) is 0 Å². The van der Waals surface area contributed by atoms with Crippen LogP contribution < -0.4 is 5.32 Å². The van der Waals surface area contributed by atoms with E-state index >= 15 is 0 Å². The highest BCUT2D eigenvalue weighted by Crippen LogP contribution is 2.41. The quantitative estimate of drug-likeness (QED) is 0.662. The van der Waals surface area contributed by atoms with Crippen LogP contribution in [0.3, 0.4) is 0 Å². The molecule has 16 heavy (non-hydrogen) atoms. The summed E-state index contributed by atoms with van der Waals surface area (Å²) in [6.07, 6.45) is 3.71. The third-order valence-corrected chi connectivity index (χ3v) is 4.32. The zero-order valence-electron chi connectivity index (χ0n) is 10.8. The van der Waals surface area contributed by atoms with Crippen molar-refractivity contribution < 1.29 is 0 Å². The van der Waals surface area contributed by atoms with Crippen LogP contribution in [0.5, 0.6) is 0 Å². The smallest absolute Gasteiger partial charge is 0.118 e. The van der Waals surface area contributed by atoms with Crippen LogP contribution in [0.15, 0.2) is 0 Å². The minimum Gasteiger partial charge on any atom is -0.299 e. The van der Waals surface area contributed by atoms with Crippen LogP contribution in [0.2, 0.25) is 0 Å². The molecule has 0 heterocycles. The van der Waals surface area contributed by atoms with Gasteiger partial charge in [-0.15, -0.1) is 0 Å². The SMILES string of the molecule is CCNC(C#N)(CSCCC(C)C)C1CC1. The average molecular weight is 240 g/mol. The second-order valence-corrected chi connectivity index (χ2v) is 6.23. The van der Waals surface area contributed by atoms with Gasteiger partial charge in [-0.2, -0.15) is 17.0 Å². The van der Waals surface area contributed by atoms with Crippen LogP contribution in [0.1, 0.15) is 40.0 Å². The lowest BCUT2D eigenvalue weighted by Crippen LogP contribution is -2.48. The highest BCUT2D eigenvalue weighted by Gasteiger charge is 2.44. The van der Waals surface area contributed by atoms with Crippen molar-refractivity contribution in [1.29, 1.82) is 5.26 Å². The Bertz CT molecular complexity index is 243. The number of hydrogen-bond acceptors (Lipinski definition) is 3. The zero-order chi connectivity index (χ0) is 12.0. The number of nitrogens with one attached hydrogen (secondary N) is 1. The van der Waals surface area contributed by atoms with Crippen molar-refractivity contribution in [2.24, 2.45) is 11.8 Å². The Hall–Kier alpha value is -0.200. The summed E-state index contributed by atoms with van der Waals surface area (Å²) in [4.78, 5) is 0.